The Hall–Kier alpha value is -3.22. The Morgan fingerprint density at radius 1 is 1.19 bits per heavy atom. The van der Waals surface area contributed by atoms with E-state index in [1.807, 2.05) is 0 Å². The summed E-state index contributed by atoms with van der Waals surface area (Å²) in [5.41, 5.74) is 0.853. The quantitative estimate of drug-likeness (QED) is 0.577. The van der Waals surface area contributed by atoms with E-state index in [1.165, 1.54) is 36.1 Å². The lowest BCUT2D eigenvalue weighted by molar-refractivity contribution is -0.146. The van der Waals surface area contributed by atoms with Gasteiger partial charge in [0.2, 0.25) is 5.78 Å². The fraction of sp³-hybridized carbons (Fsp3) is 0.250. The fourth-order valence-electron chi connectivity index (χ4n) is 2.76. The minimum atomic E-state index is -1.00. The summed E-state index contributed by atoms with van der Waals surface area (Å²) in [6.45, 7) is 1.49. The zero-order valence-electron chi connectivity index (χ0n) is 14.7. The largest absolute Gasteiger partial charge is 0.482 e. The number of benzene rings is 2. The van der Waals surface area contributed by atoms with Crippen LogP contribution in [0, 0.1) is 5.82 Å². The second-order valence-electron chi connectivity index (χ2n) is 6.06. The first kappa shape index (κ1) is 18.6. The van der Waals surface area contributed by atoms with Crippen LogP contribution < -0.4 is 9.64 Å². The van der Waals surface area contributed by atoms with E-state index in [9.17, 15) is 18.8 Å². The molecule has 1 aliphatic rings. The molecule has 0 spiro atoms. The number of rotatable bonds is 6. The number of hydrogen-bond acceptors (Lipinski definition) is 5. The predicted molar refractivity (Wildman–Crippen MR) is 95.2 cm³/mol. The van der Waals surface area contributed by atoms with E-state index in [1.54, 1.807) is 24.3 Å². The number of ether oxygens (including phenoxy) is 2. The van der Waals surface area contributed by atoms with Gasteiger partial charge in [0.15, 0.2) is 12.7 Å². The molecule has 0 unspecified atom stereocenters. The number of para-hydroxylation sites is 2. The third-order valence-corrected chi connectivity index (χ3v) is 4.15. The lowest BCUT2D eigenvalue weighted by Crippen LogP contribution is -2.40. The average Bonchev–Trinajstić information content (AvgIpc) is 2.67. The van der Waals surface area contributed by atoms with Gasteiger partial charge in [-0.15, -0.1) is 0 Å². The van der Waals surface area contributed by atoms with Gasteiger partial charge in [-0.05, 0) is 43.3 Å². The van der Waals surface area contributed by atoms with Gasteiger partial charge in [-0.2, -0.15) is 0 Å². The second kappa shape index (κ2) is 7.99. The zero-order valence-corrected chi connectivity index (χ0v) is 14.7. The highest BCUT2D eigenvalue weighted by molar-refractivity contribution is 6.00. The molecule has 140 valence electrons. The topological polar surface area (TPSA) is 72.9 Å². The maximum absolute atomic E-state index is 12.9. The molecule has 7 heteroatoms. The molecule has 1 atom stereocenters. The van der Waals surface area contributed by atoms with Gasteiger partial charge in [0.25, 0.3) is 5.91 Å². The van der Waals surface area contributed by atoms with Gasteiger partial charge in [-0.1, -0.05) is 12.1 Å². The van der Waals surface area contributed by atoms with Gasteiger partial charge in [-0.25, -0.2) is 4.39 Å². The van der Waals surface area contributed by atoms with Gasteiger partial charge in [-0.3, -0.25) is 14.4 Å². The lowest BCUT2D eigenvalue weighted by atomic mass is 10.1. The van der Waals surface area contributed by atoms with E-state index < -0.39 is 23.7 Å². The molecule has 2 aromatic carbocycles. The summed E-state index contributed by atoms with van der Waals surface area (Å²) >= 11 is 0. The summed E-state index contributed by atoms with van der Waals surface area (Å²) in [7, 11) is 0. The molecule has 0 radical (unpaired) electrons. The number of hydrogen-bond donors (Lipinski definition) is 0. The standard InChI is InChI=1S/C20H18FNO5/c1-13(20(25)14-6-8-15(21)9-7-14)27-19(24)10-11-22-16-4-2-3-5-17(16)26-12-18(22)23/h2-9,13H,10-12H2,1H3/t13-/m0/s1. The van der Waals surface area contributed by atoms with E-state index >= 15 is 0 Å². The van der Waals surface area contributed by atoms with Crippen molar-refractivity contribution in [1.82, 2.24) is 0 Å². The molecule has 1 aliphatic heterocycles. The van der Waals surface area contributed by atoms with Crippen molar-refractivity contribution in [3.8, 4) is 5.75 Å². The van der Waals surface area contributed by atoms with Crippen LogP contribution in [0.3, 0.4) is 0 Å². The van der Waals surface area contributed by atoms with Crippen LogP contribution in [0.25, 0.3) is 0 Å². The Kier molecular flexibility index (Phi) is 5.49. The number of anilines is 1. The third-order valence-electron chi connectivity index (χ3n) is 4.15. The normalized spacial score (nSPS) is 14.1. The SMILES string of the molecule is C[C@H](OC(=O)CCN1C(=O)COc2ccccc21)C(=O)c1ccc(F)cc1. The predicted octanol–water partition coefficient (Wildman–Crippen LogP) is 2.76. The van der Waals surface area contributed by atoms with Gasteiger partial charge in [0.1, 0.15) is 11.6 Å². The number of esters is 1. The van der Waals surface area contributed by atoms with E-state index in [0.717, 1.165) is 0 Å². The average molecular weight is 371 g/mol. The van der Waals surface area contributed by atoms with E-state index in [0.29, 0.717) is 11.4 Å². The molecule has 0 aliphatic carbocycles. The molecule has 1 amide bonds. The van der Waals surface area contributed by atoms with Gasteiger partial charge in [0, 0.05) is 12.1 Å². The van der Waals surface area contributed by atoms with Crippen molar-refractivity contribution in [2.75, 3.05) is 18.1 Å². The van der Waals surface area contributed by atoms with Gasteiger partial charge in [0.05, 0.1) is 12.1 Å². The first-order valence-corrected chi connectivity index (χ1v) is 8.47. The molecule has 0 saturated heterocycles. The Bertz CT molecular complexity index is 865. The highest BCUT2D eigenvalue weighted by atomic mass is 19.1. The maximum Gasteiger partial charge on any atom is 0.308 e. The van der Waals surface area contributed by atoms with Crippen LogP contribution >= 0.6 is 0 Å². The molecule has 3 rings (SSSR count). The number of Topliss-reactive ketones (excluding diaryl/α,β-unsaturated/α-hetero) is 1. The van der Waals surface area contributed by atoms with E-state index in [2.05, 4.69) is 0 Å². The minimum absolute atomic E-state index is 0.0683. The van der Waals surface area contributed by atoms with E-state index in [-0.39, 0.29) is 31.0 Å². The van der Waals surface area contributed by atoms with Crippen molar-refractivity contribution in [3.05, 3.63) is 59.9 Å². The molecule has 0 bridgehead atoms. The minimum Gasteiger partial charge on any atom is -0.482 e. The Labute approximate surface area is 155 Å². The Balaban J connectivity index is 1.57. The number of nitrogens with zero attached hydrogens (tertiary/aromatic N) is 1. The summed E-state index contributed by atoms with van der Waals surface area (Å²) in [6.07, 6.45) is -1.07. The number of ketones is 1. The zero-order chi connectivity index (χ0) is 19.4. The van der Waals surface area contributed by atoms with Crippen molar-refractivity contribution in [2.24, 2.45) is 0 Å². The van der Waals surface area contributed by atoms with Crippen molar-refractivity contribution in [1.29, 1.82) is 0 Å². The summed E-state index contributed by atoms with van der Waals surface area (Å²) < 4.78 is 23.4. The fourth-order valence-corrected chi connectivity index (χ4v) is 2.76. The van der Waals surface area contributed by atoms with Crippen LogP contribution in [-0.2, 0) is 14.3 Å². The van der Waals surface area contributed by atoms with Crippen LogP contribution in [0.4, 0.5) is 10.1 Å². The van der Waals surface area contributed by atoms with Gasteiger partial charge < -0.3 is 14.4 Å². The van der Waals surface area contributed by atoms with Crippen LogP contribution in [0.5, 0.6) is 5.75 Å². The van der Waals surface area contributed by atoms with Crippen molar-refractivity contribution in [3.63, 3.8) is 0 Å². The first-order valence-electron chi connectivity index (χ1n) is 8.47. The number of carbonyl (C=O) groups is 3. The summed E-state index contributed by atoms with van der Waals surface area (Å²) in [6, 6.07) is 12.1. The molecule has 0 N–H and O–H groups in total. The van der Waals surface area contributed by atoms with Gasteiger partial charge >= 0.3 is 5.97 Å². The molecular weight excluding hydrogens is 353 g/mol. The third kappa shape index (κ3) is 4.31. The monoisotopic (exact) mass is 371 g/mol. The first-order chi connectivity index (χ1) is 13.0. The molecule has 6 nitrogen and oxygen atoms in total. The van der Waals surface area contributed by atoms with Crippen molar-refractivity contribution >= 4 is 23.3 Å². The Morgan fingerprint density at radius 2 is 1.89 bits per heavy atom. The van der Waals surface area contributed by atoms with Crippen molar-refractivity contribution < 1.29 is 28.2 Å². The molecular formula is C20H18FNO5. The van der Waals surface area contributed by atoms with Crippen molar-refractivity contribution in [2.45, 2.75) is 19.4 Å². The highest BCUT2D eigenvalue weighted by Crippen LogP contribution is 2.31. The van der Waals surface area contributed by atoms with Crippen LogP contribution in [0.15, 0.2) is 48.5 Å². The maximum atomic E-state index is 12.9. The molecule has 27 heavy (non-hydrogen) atoms. The van der Waals surface area contributed by atoms with Crippen LogP contribution in [-0.4, -0.2) is 36.9 Å². The number of fused-ring (bicyclic) bond motifs is 1. The molecule has 0 fully saturated rings. The molecule has 0 saturated carbocycles. The molecule has 0 aromatic heterocycles. The number of halogens is 1. The Morgan fingerprint density at radius 3 is 2.63 bits per heavy atom. The summed E-state index contributed by atoms with van der Waals surface area (Å²) in [5.74, 6) is -1.15. The van der Waals surface area contributed by atoms with E-state index in [4.69, 9.17) is 9.47 Å². The van der Waals surface area contributed by atoms with Crippen LogP contribution in [0.1, 0.15) is 23.7 Å². The van der Waals surface area contributed by atoms with Crippen LogP contribution in [0.2, 0.25) is 0 Å². The number of carbonyl (C=O) groups excluding carboxylic acids is 3. The molecule has 2 aromatic rings. The lowest BCUT2D eigenvalue weighted by Gasteiger charge is -2.29. The summed E-state index contributed by atoms with van der Waals surface area (Å²) in [4.78, 5) is 37.9. The summed E-state index contributed by atoms with van der Waals surface area (Å²) in [5, 5.41) is 0. The molecule has 1 heterocycles. The highest BCUT2D eigenvalue weighted by Gasteiger charge is 2.26. The second-order valence-corrected chi connectivity index (χ2v) is 6.06. The number of amides is 1. The smallest absolute Gasteiger partial charge is 0.308 e.